The predicted molar refractivity (Wildman–Crippen MR) is 134 cm³/mol. The maximum atomic E-state index is 13.9. The van der Waals surface area contributed by atoms with Crippen LogP contribution in [0.3, 0.4) is 0 Å². The van der Waals surface area contributed by atoms with Gasteiger partial charge in [0, 0.05) is 31.6 Å². The van der Waals surface area contributed by atoms with Crippen LogP contribution in [0.15, 0.2) is 78.9 Å². The number of carbonyl (C=O) groups is 3. The third-order valence-electron chi connectivity index (χ3n) is 6.51. The van der Waals surface area contributed by atoms with Gasteiger partial charge in [-0.15, -0.1) is 0 Å². The Balaban J connectivity index is 1.62. The van der Waals surface area contributed by atoms with Crippen molar-refractivity contribution in [3.8, 4) is 0 Å². The SMILES string of the molecule is Cc1ccc(C(=O)N2Cc3ccccc3CC2C(=O)N(CCC(=O)O)CCc2ccccc2)cc1. The van der Waals surface area contributed by atoms with Gasteiger partial charge in [0.05, 0.1) is 6.42 Å². The number of aryl methyl sites for hydroxylation is 1. The minimum Gasteiger partial charge on any atom is -0.481 e. The van der Waals surface area contributed by atoms with Gasteiger partial charge in [-0.25, -0.2) is 0 Å². The summed E-state index contributed by atoms with van der Waals surface area (Å²) in [6.45, 7) is 2.79. The van der Waals surface area contributed by atoms with Crippen molar-refractivity contribution in [2.75, 3.05) is 13.1 Å². The molecule has 3 aromatic rings. The molecule has 3 aromatic carbocycles. The topological polar surface area (TPSA) is 77.9 Å². The minimum atomic E-state index is -0.955. The van der Waals surface area contributed by atoms with Crippen molar-refractivity contribution in [2.45, 2.75) is 38.8 Å². The summed E-state index contributed by atoms with van der Waals surface area (Å²) in [4.78, 5) is 42.0. The Kier molecular flexibility index (Phi) is 7.60. The molecule has 1 atom stereocenters. The van der Waals surface area contributed by atoms with Crippen molar-refractivity contribution in [1.82, 2.24) is 9.80 Å². The molecular weight excluding hydrogens is 440 g/mol. The molecule has 0 radical (unpaired) electrons. The molecule has 0 spiro atoms. The number of rotatable bonds is 8. The second-order valence-electron chi connectivity index (χ2n) is 8.99. The standard InChI is InChI=1S/C29H30N2O4/c1-21-11-13-23(14-12-21)28(34)31-20-25-10-6-5-9-24(25)19-26(31)29(35)30(18-16-27(32)33)17-15-22-7-3-2-4-8-22/h2-14,26H,15-20H2,1H3,(H,32,33). The molecule has 1 aliphatic heterocycles. The van der Waals surface area contributed by atoms with Crippen LogP contribution in [0.25, 0.3) is 0 Å². The van der Waals surface area contributed by atoms with Crippen molar-refractivity contribution in [3.05, 3.63) is 107 Å². The van der Waals surface area contributed by atoms with Gasteiger partial charge >= 0.3 is 5.97 Å². The number of nitrogens with zero attached hydrogens (tertiary/aromatic N) is 2. The molecule has 180 valence electrons. The number of carboxylic acid groups (broad SMARTS) is 1. The first-order valence-corrected chi connectivity index (χ1v) is 11.9. The Morgan fingerprint density at radius 3 is 2.23 bits per heavy atom. The van der Waals surface area contributed by atoms with Crippen LogP contribution in [0.1, 0.15) is 39.0 Å². The lowest BCUT2D eigenvalue weighted by Crippen LogP contribution is -2.54. The van der Waals surface area contributed by atoms with Crippen LogP contribution in [0.5, 0.6) is 0 Å². The number of aliphatic carboxylic acids is 1. The summed E-state index contributed by atoms with van der Waals surface area (Å²) in [7, 11) is 0. The number of hydrogen-bond acceptors (Lipinski definition) is 3. The maximum Gasteiger partial charge on any atom is 0.305 e. The zero-order chi connectivity index (χ0) is 24.8. The van der Waals surface area contributed by atoms with Crippen molar-refractivity contribution < 1.29 is 19.5 Å². The number of carbonyl (C=O) groups excluding carboxylic acids is 2. The zero-order valence-corrected chi connectivity index (χ0v) is 19.9. The molecular formula is C29H30N2O4. The van der Waals surface area contributed by atoms with E-state index >= 15 is 0 Å². The van der Waals surface area contributed by atoms with Crippen LogP contribution < -0.4 is 0 Å². The normalized spacial score (nSPS) is 14.8. The Bertz CT molecular complexity index is 1190. The first kappa shape index (κ1) is 24.2. The lowest BCUT2D eigenvalue weighted by atomic mass is 9.92. The number of carboxylic acids is 1. The van der Waals surface area contributed by atoms with Gasteiger partial charge in [0.25, 0.3) is 5.91 Å². The third-order valence-corrected chi connectivity index (χ3v) is 6.51. The first-order chi connectivity index (χ1) is 16.9. The lowest BCUT2D eigenvalue weighted by Gasteiger charge is -2.38. The van der Waals surface area contributed by atoms with Crippen LogP contribution in [0, 0.1) is 6.92 Å². The second-order valence-corrected chi connectivity index (χ2v) is 8.99. The van der Waals surface area contributed by atoms with E-state index < -0.39 is 12.0 Å². The average Bonchev–Trinajstić information content (AvgIpc) is 2.88. The molecule has 1 unspecified atom stereocenters. The number of hydrogen-bond donors (Lipinski definition) is 1. The monoisotopic (exact) mass is 470 g/mol. The number of fused-ring (bicyclic) bond motifs is 1. The fourth-order valence-electron chi connectivity index (χ4n) is 4.50. The van der Waals surface area contributed by atoms with Gasteiger partial charge < -0.3 is 14.9 Å². The predicted octanol–water partition coefficient (Wildman–Crippen LogP) is 4.11. The quantitative estimate of drug-likeness (QED) is 0.538. The molecule has 0 saturated heterocycles. The van der Waals surface area contributed by atoms with Crippen LogP contribution in [-0.4, -0.2) is 51.8 Å². The molecule has 0 bridgehead atoms. The van der Waals surface area contributed by atoms with E-state index in [0.717, 1.165) is 22.3 Å². The molecule has 1 aliphatic rings. The van der Waals surface area contributed by atoms with Gasteiger partial charge in [-0.1, -0.05) is 72.3 Å². The molecule has 35 heavy (non-hydrogen) atoms. The molecule has 1 N–H and O–H groups in total. The highest BCUT2D eigenvalue weighted by molar-refractivity contribution is 5.98. The van der Waals surface area contributed by atoms with E-state index in [9.17, 15) is 19.5 Å². The van der Waals surface area contributed by atoms with Gasteiger partial charge in [0.15, 0.2) is 0 Å². The molecule has 0 saturated carbocycles. The highest BCUT2D eigenvalue weighted by Gasteiger charge is 2.37. The minimum absolute atomic E-state index is 0.103. The summed E-state index contributed by atoms with van der Waals surface area (Å²) < 4.78 is 0. The van der Waals surface area contributed by atoms with E-state index in [1.165, 1.54) is 0 Å². The Morgan fingerprint density at radius 1 is 0.886 bits per heavy atom. The third kappa shape index (κ3) is 5.96. The second kappa shape index (κ2) is 11.0. The van der Waals surface area contributed by atoms with Gasteiger partial charge in [0.1, 0.15) is 6.04 Å². The van der Waals surface area contributed by atoms with Gasteiger partial charge in [-0.05, 0) is 42.2 Å². The van der Waals surface area contributed by atoms with Crippen molar-refractivity contribution >= 4 is 17.8 Å². The van der Waals surface area contributed by atoms with Crippen molar-refractivity contribution in [1.29, 1.82) is 0 Å². The summed E-state index contributed by atoms with van der Waals surface area (Å²) in [5.41, 5.74) is 4.73. The highest BCUT2D eigenvalue weighted by Crippen LogP contribution is 2.26. The number of benzene rings is 3. The molecule has 6 nitrogen and oxygen atoms in total. The molecule has 0 fully saturated rings. The molecule has 1 heterocycles. The van der Waals surface area contributed by atoms with E-state index in [0.29, 0.717) is 31.5 Å². The van der Waals surface area contributed by atoms with Crippen molar-refractivity contribution in [3.63, 3.8) is 0 Å². The molecule has 0 aliphatic carbocycles. The molecule has 0 aromatic heterocycles. The highest BCUT2D eigenvalue weighted by atomic mass is 16.4. The zero-order valence-electron chi connectivity index (χ0n) is 19.9. The Hall–Kier alpha value is -3.93. The van der Waals surface area contributed by atoms with E-state index in [2.05, 4.69) is 0 Å². The van der Waals surface area contributed by atoms with E-state index in [1.54, 1.807) is 21.9 Å². The van der Waals surface area contributed by atoms with Crippen molar-refractivity contribution in [2.24, 2.45) is 0 Å². The largest absolute Gasteiger partial charge is 0.481 e. The maximum absolute atomic E-state index is 13.9. The van der Waals surface area contributed by atoms with Crippen LogP contribution in [0.2, 0.25) is 0 Å². The Labute approximate surface area is 205 Å². The van der Waals surface area contributed by atoms with Crippen LogP contribution in [-0.2, 0) is 29.0 Å². The summed E-state index contributed by atoms with van der Waals surface area (Å²) in [5.74, 6) is -1.36. The summed E-state index contributed by atoms with van der Waals surface area (Å²) in [6, 6.07) is 24.3. The summed E-state index contributed by atoms with van der Waals surface area (Å²) >= 11 is 0. The molecule has 4 rings (SSSR count). The van der Waals surface area contributed by atoms with Crippen LogP contribution in [0.4, 0.5) is 0 Å². The molecule has 6 heteroatoms. The van der Waals surface area contributed by atoms with E-state index in [-0.39, 0.29) is 24.8 Å². The van der Waals surface area contributed by atoms with Gasteiger partial charge in [-0.3, -0.25) is 14.4 Å². The Morgan fingerprint density at radius 2 is 1.54 bits per heavy atom. The first-order valence-electron chi connectivity index (χ1n) is 11.9. The van der Waals surface area contributed by atoms with Gasteiger partial charge in [-0.2, -0.15) is 0 Å². The summed E-state index contributed by atoms with van der Waals surface area (Å²) in [5, 5.41) is 9.28. The average molecular weight is 471 g/mol. The fraction of sp³-hybridized carbons (Fsp3) is 0.276. The van der Waals surface area contributed by atoms with E-state index in [4.69, 9.17) is 0 Å². The fourth-order valence-corrected chi connectivity index (χ4v) is 4.50. The molecule has 2 amide bonds. The lowest BCUT2D eigenvalue weighted by molar-refractivity contribution is -0.140. The van der Waals surface area contributed by atoms with Gasteiger partial charge in [0.2, 0.25) is 5.91 Å². The number of amides is 2. The smallest absolute Gasteiger partial charge is 0.305 e. The summed E-state index contributed by atoms with van der Waals surface area (Å²) in [6.07, 6.45) is 0.874. The van der Waals surface area contributed by atoms with E-state index in [1.807, 2.05) is 73.7 Å². The van der Waals surface area contributed by atoms with Crippen LogP contribution >= 0.6 is 0 Å².